The van der Waals surface area contributed by atoms with Crippen molar-refractivity contribution in [2.45, 2.75) is 5.54 Å². The smallest absolute Gasteiger partial charge is 0.267 e. The summed E-state index contributed by atoms with van der Waals surface area (Å²) in [6.45, 7) is 0. The molecule has 1 unspecified atom stereocenters. The van der Waals surface area contributed by atoms with Crippen LogP contribution in [0.1, 0.15) is 10.4 Å². The van der Waals surface area contributed by atoms with Gasteiger partial charge in [0.2, 0.25) is 5.54 Å². The number of carbonyl (C=O) groups is 1. The molecular formula is C20H15F2N3OS. The molecule has 7 heteroatoms. The van der Waals surface area contributed by atoms with Crippen molar-refractivity contribution in [3.05, 3.63) is 82.1 Å². The summed E-state index contributed by atoms with van der Waals surface area (Å²) >= 11 is 1.38. The van der Waals surface area contributed by atoms with Crippen molar-refractivity contribution in [3.8, 4) is 11.1 Å². The Morgan fingerprint density at radius 1 is 1.11 bits per heavy atom. The Bertz CT molecular complexity index is 1060. The van der Waals surface area contributed by atoms with Gasteiger partial charge in [-0.25, -0.2) is 13.8 Å². The fourth-order valence-corrected chi connectivity index (χ4v) is 4.13. The maximum Gasteiger partial charge on any atom is 0.267 e. The molecule has 1 aliphatic rings. The van der Waals surface area contributed by atoms with Gasteiger partial charge in [0, 0.05) is 17.5 Å². The summed E-state index contributed by atoms with van der Waals surface area (Å²) in [5, 5.41) is 1.85. The van der Waals surface area contributed by atoms with Crippen molar-refractivity contribution >= 4 is 23.2 Å². The number of halogens is 2. The molecule has 0 fully saturated rings. The summed E-state index contributed by atoms with van der Waals surface area (Å²) in [7, 11) is 1.56. The van der Waals surface area contributed by atoms with E-state index in [0.717, 1.165) is 18.2 Å². The van der Waals surface area contributed by atoms with Crippen LogP contribution in [0.15, 0.2) is 65.0 Å². The van der Waals surface area contributed by atoms with Crippen LogP contribution < -0.4 is 5.73 Å². The zero-order chi connectivity index (χ0) is 19.2. The van der Waals surface area contributed by atoms with E-state index < -0.39 is 17.2 Å². The highest BCUT2D eigenvalue weighted by molar-refractivity contribution is 7.10. The van der Waals surface area contributed by atoms with Gasteiger partial charge >= 0.3 is 0 Å². The van der Waals surface area contributed by atoms with E-state index in [1.54, 1.807) is 31.3 Å². The Labute approximate surface area is 158 Å². The van der Waals surface area contributed by atoms with Crippen LogP contribution in [0.5, 0.6) is 0 Å². The van der Waals surface area contributed by atoms with Crippen molar-refractivity contribution in [1.82, 2.24) is 4.90 Å². The lowest BCUT2D eigenvalue weighted by atomic mass is 9.86. The van der Waals surface area contributed by atoms with Crippen LogP contribution in [-0.4, -0.2) is 23.8 Å². The molecule has 0 aliphatic carbocycles. The molecule has 1 atom stereocenters. The molecule has 0 radical (unpaired) electrons. The average molecular weight is 383 g/mol. The number of rotatable bonds is 3. The van der Waals surface area contributed by atoms with Crippen LogP contribution in [0.4, 0.5) is 8.78 Å². The topological polar surface area (TPSA) is 58.7 Å². The monoisotopic (exact) mass is 383 g/mol. The molecule has 0 spiro atoms. The Balaban J connectivity index is 1.94. The normalized spacial score (nSPS) is 19.4. The first-order valence-corrected chi connectivity index (χ1v) is 9.05. The summed E-state index contributed by atoms with van der Waals surface area (Å²) in [5.74, 6) is -1.27. The van der Waals surface area contributed by atoms with Crippen molar-refractivity contribution in [2.24, 2.45) is 10.7 Å². The van der Waals surface area contributed by atoms with E-state index in [9.17, 15) is 13.6 Å². The maximum absolute atomic E-state index is 14.2. The summed E-state index contributed by atoms with van der Waals surface area (Å²) < 4.78 is 27.9. The third-order valence-electron chi connectivity index (χ3n) is 4.64. The SMILES string of the molecule is CN1C(=O)C(c2cccc(-c3cc(F)ccc3F)c2)(c2cccs2)N=C1N. The lowest BCUT2D eigenvalue weighted by Crippen LogP contribution is -2.40. The number of benzene rings is 2. The molecule has 4 rings (SSSR count). The Hall–Kier alpha value is -3.06. The van der Waals surface area contributed by atoms with Gasteiger partial charge < -0.3 is 5.73 Å². The van der Waals surface area contributed by atoms with Gasteiger partial charge in [0.15, 0.2) is 5.96 Å². The number of hydrogen-bond acceptors (Lipinski definition) is 4. The summed E-state index contributed by atoms with van der Waals surface area (Å²) in [6, 6.07) is 13.7. The second-order valence-corrected chi connectivity index (χ2v) is 7.17. The molecule has 0 bridgehead atoms. The maximum atomic E-state index is 14.2. The molecule has 2 N–H and O–H groups in total. The zero-order valence-corrected chi connectivity index (χ0v) is 15.1. The van der Waals surface area contributed by atoms with Crippen LogP contribution in [0, 0.1) is 11.6 Å². The van der Waals surface area contributed by atoms with Gasteiger partial charge in [-0.3, -0.25) is 9.69 Å². The van der Waals surface area contributed by atoms with Crippen molar-refractivity contribution in [1.29, 1.82) is 0 Å². The minimum Gasteiger partial charge on any atom is -0.369 e. The molecule has 2 aromatic carbocycles. The van der Waals surface area contributed by atoms with Gasteiger partial charge in [0.05, 0.1) is 0 Å². The second-order valence-electron chi connectivity index (χ2n) is 6.23. The second kappa shape index (κ2) is 6.28. The number of amides is 1. The van der Waals surface area contributed by atoms with Gasteiger partial charge in [-0.15, -0.1) is 11.3 Å². The summed E-state index contributed by atoms with van der Waals surface area (Å²) in [6.07, 6.45) is 0. The summed E-state index contributed by atoms with van der Waals surface area (Å²) in [5.41, 5.74) is 5.72. The number of thiophene rings is 1. The van der Waals surface area contributed by atoms with Gasteiger partial charge in [0.1, 0.15) is 11.6 Å². The van der Waals surface area contributed by atoms with E-state index >= 15 is 0 Å². The molecule has 0 saturated heterocycles. The standard InChI is InChI=1S/C20H15F2N3OS/c1-25-18(26)20(24-19(25)23,17-6-3-9-27-17)13-5-2-4-12(10-13)15-11-14(21)7-8-16(15)22/h2-11H,1H3,(H2,23,24). The molecule has 136 valence electrons. The number of guanidine groups is 1. The Morgan fingerprint density at radius 2 is 1.93 bits per heavy atom. The van der Waals surface area contributed by atoms with E-state index in [1.807, 2.05) is 17.5 Å². The minimum absolute atomic E-state index is 0.107. The third kappa shape index (κ3) is 2.62. The predicted octanol–water partition coefficient (Wildman–Crippen LogP) is 3.72. The molecular weight excluding hydrogens is 368 g/mol. The fourth-order valence-electron chi connectivity index (χ4n) is 3.25. The largest absolute Gasteiger partial charge is 0.369 e. The van der Waals surface area contributed by atoms with Crippen LogP contribution in [-0.2, 0) is 10.3 Å². The Kier molecular flexibility index (Phi) is 4.04. The number of carbonyl (C=O) groups excluding carboxylic acids is 1. The fraction of sp³-hybridized carbons (Fsp3) is 0.100. The predicted molar refractivity (Wildman–Crippen MR) is 101 cm³/mol. The molecule has 1 aliphatic heterocycles. The lowest BCUT2D eigenvalue weighted by molar-refractivity contribution is -0.129. The number of aliphatic imine (C=N–C) groups is 1. The van der Waals surface area contributed by atoms with E-state index in [4.69, 9.17) is 5.73 Å². The average Bonchev–Trinajstić information content (AvgIpc) is 3.28. The Morgan fingerprint density at radius 3 is 2.59 bits per heavy atom. The quantitative estimate of drug-likeness (QED) is 0.749. The highest BCUT2D eigenvalue weighted by Crippen LogP contribution is 2.42. The van der Waals surface area contributed by atoms with Crippen LogP contribution >= 0.6 is 11.3 Å². The van der Waals surface area contributed by atoms with Crippen LogP contribution in [0.25, 0.3) is 11.1 Å². The third-order valence-corrected chi connectivity index (χ3v) is 5.62. The van der Waals surface area contributed by atoms with Crippen molar-refractivity contribution in [2.75, 3.05) is 7.05 Å². The lowest BCUT2D eigenvalue weighted by Gasteiger charge is -2.25. The van der Waals surface area contributed by atoms with E-state index in [2.05, 4.69) is 4.99 Å². The van der Waals surface area contributed by atoms with Gasteiger partial charge in [-0.1, -0.05) is 24.3 Å². The van der Waals surface area contributed by atoms with E-state index in [1.165, 1.54) is 16.2 Å². The van der Waals surface area contributed by atoms with E-state index in [-0.39, 0.29) is 17.4 Å². The molecule has 0 saturated carbocycles. The minimum atomic E-state index is -1.33. The van der Waals surface area contributed by atoms with Crippen LogP contribution in [0.3, 0.4) is 0 Å². The number of nitrogens with zero attached hydrogens (tertiary/aromatic N) is 2. The number of likely N-dealkylation sites (N-methyl/N-ethyl adjacent to an activating group) is 1. The molecule has 2 heterocycles. The zero-order valence-electron chi connectivity index (χ0n) is 14.3. The first-order chi connectivity index (χ1) is 12.9. The first kappa shape index (κ1) is 17.4. The molecule has 27 heavy (non-hydrogen) atoms. The molecule has 1 amide bonds. The van der Waals surface area contributed by atoms with Crippen molar-refractivity contribution in [3.63, 3.8) is 0 Å². The van der Waals surface area contributed by atoms with E-state index in [0.29, 0.717) is 16.0 Å². The van der Waals surface area contributed by atoms with Crippen molar-refractivity contribution < 1.29 is 13.6 Å². The molecule has 4 nitrogen and oxygen atoms in total. The highest BCUT2D eigenvalue weighted by atomic mass is 32.1. The van der Waals surface area contributed by atoms with Gasteiger partial charge in [-0.2, -0.15) is 0 Å². The van der Waals surface area contributed by atoms with Crippen LogP contribution in [0.2, 0.25) is 0 Å². The van der Waals surface area contributed by atoms with Gasteiger partial charge in [0.25, 0.3) is 5.91 Å². The number of hydrogen-bond donors (Lipinski definition) is 1. The van der Waals surface area contributed by atoms with Gasteiger partial charge in [-0.05, 0) is 46.8 Å². The number of nitrogens with two attached hydrogens (primary N) is 1. The first-order valence-electron chi connectivity index (χ1n) is 8.17. The summed E-state index contributed by atoms with van der Waals surface area (Å²) in [4.78, 5) is 19.6. The highest BCUT2D eigenvalue weighted by Gasteiger charge is 2.50. The molecule has 3 aromatic rings. The molecule has 1 aromatic heterocycles.